The van der Waals surface area contributed by atoms with Gasteiger partial charge in [-0.2, -0.15) is 0 Å². The van der Waals surface area contributed by atoms with E-state index in [1.165, 1.54) is 0 Å². The lowest BCUT2D eigenvalue weighted by Crippen LogP contribution is -2.17. The van der Waals surface area contributed by atoms with Gasteiger partial charge in [-0.3, -0.25) is 0 Å². The Labute approximate surface area is 82.2 Å². The maximum atomic E-state index is 10.8. The van der Waals surface area contributed by atoms with Gasteiger partial charge in [0, 0.05) is 11.6 Å². The Hall–Kier alpha value is -1.32. The number of hydrogen-bond donors (Lipinski definition) is 2. The molecule has 1 aliphatic rings. The lowest BCUT2D eigenvalue weighted by molar-refractivity contribution is -0.135. The minimum atomic E-state index is -1.17. The lowest BCUT2D eigenvalue weighted by atomic mass is 9.83. The summed E-state index contributed by atoms with van der Waals surface area (Å²) >= 11 is 0. The van der Waals surface area contributed by atoms with Crippen LogP contribution in [0.4, 0.5) is 0 Å². The minimum absolute atomic E-state index is 0.0530. The van der Waals surface area contributed by atoms with Gasteiger partial charge in [0.2, 0.25) is 0 Å². The van der Waals surface area contributed by atoms with E-state index in [1.807, 2.05) is 0 Å². The van der Waals surface area contributed by atoms with Gasteiger partial charge in [-0.1, -0.05) is 19.3 Å². The molecule has 4 nitrogen and oxygen atoms in total. The highest BCUT2D eigenvalue weighted by Gasteiger charge is 2.23. The van der Waals surface area contributed by atoms with Crippen LogP contribution in [0.2, 0.25) is 0 Å². The van der Waals surface area contributed by atoms with Crippen LogP contribution < -0.4 is 0 Å². The molecule has 0 amide bonds. The van der Waals surface area contributed by atoms with Gasteiger partial charge in [0.05, 0.1) is 0 Å². The number of hydrogen-bond acceptors (Lipinski definition) is 2. The molecular weight excluding hydrogens is 184 g/mol. The second kappa shape index (κ2) is 4.79. The van der Waals surface area contributed by atoms with Crippen LogP contribution in [0.1, 0.15) is 32.1 Å². The highest BCUT2D eigenvalue weighted by atomic mass is 16.4. The topological polar surface area (TPSA) is 74.6 Å². The number of carboxylic acids is 2. The first-order valence-corrected chi connectivity index (χ1v) is 4.79. The van der Waals surface area contributed by atoms with E-state index < -0.39 is 11.9 Å². The van der Waals surface area contributed by atoms with E-state index in [0.29, 0.717) is 0 Å². The SMILES string of the molecule is O=C(O)/C=C(\C(=O)O)C1CCCCC1. The molecule has 0 aromatic rings. The van der Waals surface area contributed by atoms with Crippen LogP contribution in [-0.2, 0) is 9.59 Å². The van der Waals surface area contributed by atoms with Gasteiger partial charge in [-0.25, -0.2) is 9.59 Å². The van der Waals surface area contributed by atoms with Crippen molar-refractivity contribution >= 4 is 11.9 Å². The molecular formula is C10H14O4. The molecule has 0 radical (unpaired) electrons. The number of aliphatic carboxylic acids is 2. The zero-order valence-electron chi connectivity index (χ0n) is 7.90. The first-order valence-electron chi connectivity index (χ1n) is 4.79. The Kier molecular flexibility index (Phi) is 3.68. The molecule has 0 atom stereocenters. The Bertz CT molecular complexity index is 261. The maximum Gasteiger partial charge on any atom is 0.332 e. The van der Waals surface area contributed by atoms with Crippen LogP contribution >= 0.6 is 0 Å². The first-order chi connectivity index (χ1) is 6.61. The van der Waals surface area contributed by atoms with E-state index in [0.717, 1.165) is 38.2 Å². The summed E-state index contributed by atoms with van der Waals surface area (Å²) in [7, 11) is 0. The van der Waals surface area contributed by atoms with Gasteiger partial charge in [0.1, 0.15) is 0 Å². The molecule has 1 fully saturated rings. The summed E-state index contributed by atoms with van der Waals surface area (Å²) in [6.45, 7) is 0. The van der Waals surface area contributed by atoms with E-state index >= 15 is 0 Å². The predicted octanol–water partition coefficient (Wildman–Crippen LogP) is 1.66. The van der Waals surface area contributed by atoms with Crippen LogP contribution in [0.15, 0.2) is 11.6 Å². The Morgan fingerprint density at radius 2 is 1.64 bits per heavy atom. The third-order valence-electron chi connectivity index (χ3n) is 2.57. The van der Waals surface area contributed by atoms with Gasteiger partial charge in [0.25, 0.3) is 0 Å². The quantitative estimate of drug-likeness (QED) is 0.676. The fourth-order valence-corrected chi connectivity index (χ4v) is 1.90. The minimum Gasteiger partial charge on any atom is -0.478 e. The van der Waals surface area contributed by atoms with Crippen molar-refractivity contribution in [3.8, 4) is 0 Å². The second-order valence-electron chi connectivity index (χ2n) is 3.58. The van der Waals surface area contributed by atoms with Crippen molar-refractivity contribution in [2.45, 2.75) is 32.1 Å². The monoisotopic (exact) mass is 198 g/mol. The van der Waals surface area contributed by atoms with Gasteiger partial charge >= 0.3 is 11.9 Å². The Morgan fingerprint density at radius 3 is 2.07 bits per heavy atom. The fourth-order valence-electron chi connectivity index (χ4n) is 1.90. The van der Waals surface area contributed by atoms with Crippen molar-refractivity contribution < 1.29 is 19.8 Å². The van der Waals surface area contributed by atoms with Crippen LogP contribution in [0, 0.1) is 5.92 Å². The summed E-state index contributed by atoms with van der Waals surface area (Å²) in [4.78, 5) is 21.2. The number of carbonyl (C=O) groups is 2. The smallest absolute Gasteiger partial charge is 0.332 e. The molecule has 0 saturated heterocycles. The van der Waals surface area contributed by atoms with Gasteiger partial charge in [-0.15, -0.1) is 0 Å². The predicted molar refractivity (Wildman–Crippen MR) is 49.9 cm³/mol. The summed E-state index contributed by atoms with van der Waals surface area (Å²) in [6.07, 6.45) is 5.54. The van der Waals surface area contributed by atoms with Gasteiger partial charge in [-0.05, 0) is 18.8 Å². The highest BCUT2D eigenvalue weighted by Crippen LogP contribution is 2.29. The molecule has 0 unspecified atom stereocenters. The molecule has 1 rings (SSSR count). The molecule has 2 N–H and O–H groups in total. The van der Waals surface area contributed by atoms with Crippen LogP contribution in [-0.4, -0.2) is 22.2 Å². The largest absolute Gasteiger partial charge is 0.478 e. The molecule has 1 aliphatic carbocycles. The normalized spacial score (nSPS) is 19.3. The van der Waals surface area contributed by atoms with Gasteiger partial charge in [0.15, 0.2) is 0 Å². The zero-order valence-corrected chi connectivity index (χ0v) is 7.90. The van der Waals surface area contributed by atoms with Crippen LogP contribution in [0.3, 0.4) is 0 Å². The van der Waals surface area contributed by atoms with Gasteiger partial charge < -0.3 is 10.2 Å². The molecule has 0 heterocycles. The Morgan fingerprint density at radius 1 is 1.07 bits per heavy atom. The van der Waals surface area contributed by atoms with E-state index in [9.17, 15) is 9.59 Å². The zero-order chi connectivity index (χ0) is 10.6. The third-order valence-corrected chi connectivity index (χ3v) is 2.57. The van der Waals surface area contributed by atoms with Crippen molar-refractivity contribution in [1.82, 2.24) is 0 Å². The lowest BCUT2D eigenvalue weighted by Gasteiger charge is -2.21. The summed E-state index contributed by atoms with van der Waals surface area (Å²) in [6, 6.07) is 0. The molecule has 14 heavy (non-hydrogen) atoms. The molecule has 78 valence electrons. The van der Waals surface area contributed by atoms with Crippen LogP contribution in [0.5, 0.6) is 0 Å². The standard InChI is InChI=1S/C10H14O4/c11-9(12)6-8(10(13)14)7-4-2-1-3-5-7/h6-7H,1-5H2,(H,11,12)(H,13,14)/b8-6-. The average Bonchev–Trinajstić information content (AvgIpc) is 2.15. The van der Waals surface area contributed by atoms with Crippen molar-refractivity contribution in [1.29, 1.82) is 0 Å². The molecule has 0 aliphatic heterocycles. The van der Waals surface area contributed by atoms with Crippen molar-refractivity contribution in [2.24, 2.45) is 5.92 Å². The number of carboxylic acid groups (broad SMARTS) is 2. The van der Waals surface area contributed by atoms with Crippen LogP contribution in [0.25, 0.3) is 0 Å². The van der Waals surface area contributed by atoms with Crippen molar-refractivity contribution in [2.75, 3.05) is 0 Å². The first kappa shape index (κ1) is 10.8. The molecule has 0 bridgehead atoms. The van der Waals surface area contributed by atoms with Crippen molar-refractivity contribution in [3.05, 3.63) is 11.6 Å². The summed E-state index contributed by atoms with van der Waals surface area (Å²) in [5, 5.41) is 17.4. The van der Waals surface area contributed by atoms with E-state index in [1.54, 1.807) is 0 Å². The molecule has 4 heteroatoms. The van der Waals surface area contributed by atoms with E-state index in [4.69, 9.17) is 10.2 Å². The second-order valence-corrected chi connectivity index (χ2v) is 3.58. The molecule has 0 aromatic carbocycles. The Balaban J connectivity index is 2.76. The summed E-state index contributed by atoms with van der Waals surface area (Å²) < 4.78 is 0. The molecule has 0 aromatic heterocycles. The fraction of sp³-hybridized carbons (Fsp3) is 0.600. The number of rotatable bonds is 3. The maximum absolute atomic E-state index is 10.8. The van der Waals surface area contributed by atoms with Crippen molar-refractivity contribution in [3.63, 3.8) is 0 Å². The highest BCUT2D eigenvalue weighted by molar-refractivity contribution is 5.95. The molecule has 0 spiro atoms. The van der Waals surface area contributed by atoms with E-state index in [-0.39, 0.29) is 11.5 Å². The summed E-state index contributed by atoms with van der Waals surface area (Å²) in [5.41, 5.74) is 0.0530. The average molecular weight is 198 g/mol. The third kappa shape index (κ3) is 2.87. The summed E-state index contributed by atoms with van der Waals surface area (Å²) in [5.74, 6) is -2.34. The van der Waals surface area contributed by atoms with E-state index in [2.05, 4.69) is 0 Å². The molecule has 1 saturated carbocycles.